The number of benzene rings is 3. The van der Waals surface area contributed by atoms with Crippen molar-refractivity contribution in [2.45, 2.75) is 19.5 Å². The smallest absolute Gasteiger partial charge is 0.337 e. The lowest BCUT2D eigenvalue weighted by atomic mass is 10.1. The summed E-state index contributed by atoms with van der Waals surface area (Å²) in [5.74, 6) is 0.254. The molecule has 0 bridgehead atoms. The van der Waals surface area contributed by atoms with E-state index in [1.807, 2.05) is 71.6 Å². The quantitative estimate of drug-likeness (QED) is 0.352. The highest BCUT2D eigenvalue weighted by Gasteiger charge is 2.26. The molecule has 4 aromatic rings. The topological polar surface area (TPSA) is 66.7 Å². The van der Waals surface area contributed by atoms with Crippen LogP contribution in [0.5, 0.6) is 11.5 Å². The fraction of sp³-hybridized carbons (Fsp3) is 0.179. The van der Waals surface area contributed by atoms with Gasteiger partial charge in [0.15, 0.2) is 5.75 Å². The van der Waals surface area contributed by atoms with Gasteiger partial charge in [-0.2, -0.15) is 0 Å². The molecule has 3 aromatic carbocycles. The van der Waals surface area contributed by atoms with Crippen molar-refractivity contribution in [1.82, 2.24) is 9.88 Å². The van der Waals surface area contributed by atoms with Gasteiger partial charge in [-0.25, -0.2) is 4.79 Å². The Hall–Kier alpha value is -4.03. The van der Waals surface area contributed by atoms with Gasteiger partial charge < -0.3 is 24.6 Å². The van der Waals surface area contributed by atoms with Crippen LogP contribution in [0, 0.1) is 0 Å². The maximum absolute atomic E-state index is 12.1. The first kappa shape index (κ1) is 21.8. The minimum atomic E-state index is -0.984. The zero-order valence-electron chi connectivity index (χ0n) is 18.9. The molecular weight excluding hydrogens is 426 g/mol. The summed E-state index contributed by atoms with van der Waals surface area (Å²) in [6, 6.07) is 25.5. The third-order valence-electron chi connectivity index (χ3n) is 6.02. The number of carbonyl (C=O) groups is 1. The molecule has 2 N–H and O–H groups in total. The monoisotopic (exact) mass is 453 g/mol. The van der Waals surface area contributed by atoms with Crippen LogP contribution in [-0.4, -0.2) is 28.7 Å². The second-order valence-corrected chi connectivity index (χ2v) is 8.38. The standard InChI is InChI=1S/C28H27N3O3/c32-28(33)24-12-13-25(30-16-7-17-30)27(26(24)31-14-4-5-15-31)34-23-11-6-10-22(18-23)20-29-19-21-8-2-1-3-9-21/h1-6,8-15,18,29H,7,16-17,19-20H2,(H,32,33). The molecule has 0 spiro atoms. The zero-order chi connectivity index (χ0) is 23.3. The van der Waals surface area contributed by atoms with Gasteiger partial charge in [-0.1, -0.05) is 42.5 Å². The first-order valence-corrected chi connectivity index (χ1v) is 11.5. The molecule has 1 fully saturated rings. The van der Waals surface area contributed by atoms with Gasteiger partial charge in [0.25, 0.3) is 0 Å². The van der Waals surface area contributed by atoms with Crippen molar-refractivity contribution in [1.29, 1.82) is 0 Å². The summed E-state index contributed by atoms with van der Waals surface area (Å²) < 4.78 is 8.28. The number of rotatable bonds is 9. The number of ether oxygens (including phenoxy) is 1. The lowest BCUT2D eigenvalue weighted by Gasteiger charge is -2.35. The van der Waals surface area contributed by atoms with Crippen molar-refractivity contribution < 1.29 is 14.6 Å². The SMILES string of the molecule is O=C(O)c1ccc(N2CCC2)c(Oc2cccc(CNCc3ccccc3)c2)c1-n1cccc1. The molecule has 2 heterocycles. The Morgan fingerprint density at radius 3 is 2.32 bits per heavy atom. The number of carboxylic acids is 1. The van der Waals surface area contributed by atoms with Crippen molar-refractivity contribution in [2.24, 2.45) is 0 Å². The molecule has 0 atom stereocenters. The Labute approximate surface area is 199 Å². The Morgan fingerprint density at radius 1 is 0.882 bits per heavy atom. The largest absolute Gasteiger partial charge is 0.478 e. The third-order valence-corrected chi connectivity index (χ3v) is 6.02. The number of carboxylic acid groups (broad SMARTS) is 1. The summed E-state index contributed by atoms with van der Waals surface area (Å²) in [5.41, 5.74) is 3.98. The summed E-state index contributed by atoms with van der Waals surface area (Å²) in [7, 11) is 0. The molecular formula is C28H27N3O3. The summed E-state index contributed by atoms with van der Waals surface area (Å²) in [5, 5.41) is 13.4. The molecule has 0 unspecified atom stereocenters. The van der Waals surface area contributed by atoms with Crippen molar-refractivity contribution in [3.8, 4) is 17.2 Å². The van der Waals surface area contributed by atoms with Crippen LogP contribution in [-0.2, 0) is 13.1 Å². The van der Waals surface area contributed by atoms with Crippen LogP contribution in [0.2, 0.25) is 0 Å². The Kier molecular flexibility index (Phi) is 6.31. The first-order chi connectivity index (χ1) is 16.7. The van der Waals surface area contributed by atoms with Gasteiger partial charge in [-0.3, -0.25) is 0 Å². The van der Waals surface area contributed by atoms with E-state index in [0.29, 0.717) is 23.7 Å². The molecule has 1 saturated heterocycles. The molecule has 1 aliphatic heterocycles. The highest BCUT2D eigenvalue weighted by atomic mass is 16.5. The first-order valence-electron chi connectivity index (χ1n) is 11.5. The molecule has 0 saturated carbocycles. The fourth-order valence-corrected chi connectivity index (χ4v) is 4.16. The van der Waals surface area contributed by atoms with Gasteiger partial charge in [0.05, 0.1) is 11.3 Å². The summed E-state index contributed by atoms with van der Waals surface area (Å²) >= 11 is 0. The van der Waals surface area contributed by atoms with Crippen LogP contribution in [0.25, 0.3) is 5.69 Å². The molecule has 172 valence electrons. The predicted molar refractivity (Wildman–Crippen MR) is 133 cm³/mol. The number of hydrogen-bond acceptors (Lipinski definition) is 4. The Bertz CT molecular complexity index is 1270. The molecule has 1 aromatic heterocycles. The van der Waals surface area contributed by atoms with E-state index in [4.69, 9.17) is 4.74 Å². The van der Waals surface area contributed by atoms with Gasteiger partial charge in [0, 0.05) is 38.6 Å². The summed E-state index contributed by atoms with van der Waals surface area (Å²) in [6.07, 6.45) is 4.80. The molecule has 1 aliphatic rings. The molecule has 0 radical (unpaired) electrons. The Balaban J connectivity index is 1.45. The molecule has 5 rings (SSSR count). The van der Waals surface area contributed by atoms with Crippen molar-refractivity contribution in [2.75, 3.05) is 18.0 Å². The van der Waals surface area contributed by atoms with E-state index in [9.17, 15) is 9.90 Å². The van der Waals surface area contributed by atoms with Crippen LogP contribution in [0.15, 0.2) is 91.3 Å². The van der Waals surface area contributed by atoms with Crippen LogP contribution in [0.4, 0.5) is 5.69 Å². The van der Waals surface area contributed by atoms with E-state index in [1.54, 1.807) is 6.07 Å². The number of hydrogen-bond donors (Lipinski definition) is 2. The second-order valence-electron chi connectivity index (χ2n) is 8.38. The fourth-order valence-electron chi connectivity index (χ4n) is 4.16. The zero-order valence-corrected chi connectivity index (χ0v) is 18.9. The summed E-state index contributed by atoms with van der Waals surface area (Å²) in [6.45, 7) is 3.34. The predicted octanol–water partition coefficient (Wildman–Crippen LogP) is 5.47. The summed E-state index contributed by atoms with van der Waals surface area (Å²) in [4.78, 5) is 14.3. The highest BCUT2D eigenvalue weighted by Crippen LogP contribution is 2.41. The van der Waals surface area contributed by atoms with Crippen molar-refractivity contribution in [3.63, 3.8) is 0 Å². The number of aromatic nitrogens is 1. The number of nitrogens with one attached hydrogen (secondary N) is 1. The average molecular weight is 454 g/mol. The van der Waals surface area contributed by atoms with E-state index in [1.165, 1.54) is 5.56 Å². The van der Waals surface area contributed by atoms with E-state index in [-0.39, 0.29) is 5.56 Å². The molecule has 0 amide bonds. The van der Waals surface area contributed by atoms with Crippen molar-refractivity contribution >= 4 is 11.7 Å². The van der Waals surface area contributed by atoms with Crippen LogP contribution in [0.3, 0.4) is 0 Å². The maximum atomic E-state index is 12.1. The maximum Gasteiger partial charge on any atom is 0.337 e. The molecule has 6 nitrogen and oxygen atoms in total. The lowest BCUT2D eigenvalue weighted by Crippen LogP contribution is -2.37. The third kappa shape index (κ3) is 4.67. The van der Waals surface area contributed by atoms with Crippen LogP contribution < -0.4 is 15.0 Å². The van der Waals surface area contributed by atoms with Crippen LogP contribution in [0.1, 0.15) is 27.9 Å². The van der Waals surface area contributed by atoms with E-state index in [0.717, 1.165) is 37.3 Å². The Morgan fingerprint density at radius 2 is 1.62 bits per heavy atom. The van der Waals surface area contributed by atoms with Gasteiger partial charge in [0.2, 0.25) is 0 Å². The van der Waals surface area contributed by atoms with E-state index >= 15 is 0 Å². The van der Waals surface area contributed by atoms with Crippen molar-refractivity contribution in [3.05, 3.63) is 108 Å². The molecule has 34 heavy (non-hydrogen) atoms. The minimum Gasteiger partial charge on any atom is -0.478 e. The highest BCUT2D eigenvalue weighted by molar-refractivity contribution is 5.95. The van der Waals surface area contributed by atoms with Gasteiger partial charge in [-0.15, -0.1) is 0 Å². The number of nitrogens with zero attached hydrogens (tertiary/aromatic N) is 2. The normalized spacial score (nSPS) is 12.9. The van der Waals surface area contributed by atoms with Crippen LogP contribution >= 0.6 is 0 Å². The molecule has 6 heteroatoms. The van der Waals surface area contributed by atoms with Gasteiger partial charge in [0.1, 0.15) is 11.4 Å². The van der Waals surface area contributed by atoms with E-state index in [2.05, 4.69) is 28.4 Å². The molecule has 0 aliphatic carbocycles. The minimum absolute atomic E-state index is 0.205. The average Bonchev–Trinajstić information content (AvgIpc) is 3.34. The number of aromatic carboxylic acids is 1. The second kappa shape index (κ2) is 9.85. The van der Waals surface area contributed by atoms with Gasteiger partial charge >= 0.3 is 5.97 Å². The lowest BCUT2D eigenvalue weighted by molar-refractivity contribution is 0.0696. The van der Waals surface area contributed by atoms with E-state index < -0.39 is 5.97 Å². The number of anilines is 1. The van der Waals surface area contributed by atoms with Gasteiger partial charge in [-0.05, 0) is 53.9 Å².